The molecule has 31 heavy (non-hydrogen) atoms. The standard InChI is InChI=1S/C24H21N3O4/c28-24(25-12-15-4-3-9-29-15)19-11-17-16-5-1-2-6-18(16)26-23(17)22(27-19)14-7-8-20-21(10-14)31-13-30-20/h1-2,5-8,10-11,15,26H,3-4,9,12-13H2,(H,25,28)/t15-/m1/s1. The van der Waals surface area contributed by atoms with Crippen molar-refractivity contribution in [2.45, 2.75) is 18.9 Å². The summed E-state index contributed by atoms with van der Waals surface area (Å²) in [6, 6.07) is 15.6. The van der Waals surface area contributed by atoms with Gasteiger partial charge in [-0.1, -0.05) is 18.2 Å². The summed E-state index contributed by atoms with van der Waals surface area (Å²) >= 11 is 0. The zero-order chi connectivity index (χ0) is 20.8. The highest BCUT2D eigenvalue weighted by Gasteiger charge is 2.21. The van der Waals surface area contributed by atoms with E-state index in [1.165, 1.54) is 0 Å². The molecule has 1 fully saturated rings. The van der Waals surface area contributed by atoms with Gasteiger partial charge in [0.2, 0.25) is 6.79 Å². The van der Waals surface area contributed by atoms with E-state index in [-0.39, 0.29) is 18.8 Å². The molecule has 0 saturated carbocycles. The molecule has 0 bridgehead atoms. The van der Waals surface area contributed by atoms with Crippen molar-refractivity contribution in [2.24, 2.45) is 0 Å². The predicted octanol–water partition coefficient (Wildman–Crippen LogP) is 4.02. The van der Waals surface area contributed by atoms with Crippen molar-refractivity contribution in [2.75, 3.05) is 19.9 Å². The van der Waals surface area contributed by atoms with Crippen LogP contribution in [0.2, 0.25) is 0 Å². The van der Waals surface area contributed by atoms with Crippen LogP contribution in [0.4, 0.5) is 0 Å². The molecular formula is C24H21N3O4. The Balaban J connectivity index is 1.47. The molecule has 2 aliphatic rings. The highest BCUT2D eigenvalue weighted by Crippen LogP contribution is 2.38. The minimum absolute atomic E-state index is 0.0779. The Morgan fingerprint density at radius 1 is 1.10 bits per heavy atom. The van der Waals surface area contributed by atoms with Gasteiger partial charge >= 0.3 is 0 Å². The second-order valence-corrected chi connectivity index (χ2v) is 7.86. The lowest BCUT2D eigenvalue weighted by atomic mass is 10.1. The molecule has 1 atom stereocenters. The van der Waals surface area contributed by atoms with Gasteiger partial charge in [0.25, 0.3) is 5.91 Å². The maximum atomic E-state index is 13.0. The van der Waals surface area contributed by atoms with Gasteiger partial charge in [-0.3, -0.25) is 4.79 Å². The first-order valence-electron chi connectivity index (χ1n) is 10.5. The first-order valence-corrected chi connectivity index (χ1v) is 10.5. The smallest absolute Gasteiger partial charge is 0.270 e. The number of carbonyl (C=O) groups is 1. The van der Waals surface area contributed by atoms with Crippen LogP contribution < -0.4 is 14.8 Å². The summed E-state index contributed by atoms with van der Waals surface area (Å²) < 4.78 is 16.6. The number of carbonyl (C=O) groups excluding carboxylic acids is 1. The lowest BCUT2D eigenvalue weighted by Gasteiger charge is -2.12. The predicted molar refractivity (Wildman–Crippen MR) is 116 cm³/mol. The first-order chi connectivity index (χ1) is 15.3. The Bertz CT molecular complexity index is 1310. The fraction of sp³-hybridized carbons (Fsp3) is 0.250. The van der Waals surface area contributed by atoms with E-state index in [1.807, 2.05) is 48.5 Å². The van der Waals surface area contributed by atoms with Crippen LogP contribution in [0.1, 0.15) is 23.3 Å². The van der Waals surface area contributed by atoms with Crippen LogP contribution in [0, 0.1) is 0 Å². The fourth-order valence-corrected chi connectivity index (χ4v) is 4.32. The number of H-pyrrole nitrogens is 1. The molecule has 2 N–H and O–H groups in total. The lowest BCUT2D eigenvalue weighted by Crippen LogP contribution is -2.32. The van der Waals surface area contributed by atoms with Crippen molar-refractivity contribution in [1.29, 1.82) is 0 Å². The van der Waals surface area contributed by atoms with E-state index in [1.54, 1.807) is 0 Å². The molecule has 6 rings (SSSR count). The van der Waals surface area contributed by atoms with Crippen LogP contribution in [0.3, 0.4) is 0 Å². The molecule has 0 spiro atoms. The summed E-state index contributed by atoms with van der Waals surface area (Å²) in [5, 5.41) is 4.99. The lowest BCUT2D eigenvalue weighted by molar-refractivity contribution is 0.0854. The Morgan fingerprint density at radius 3 is 2.90 bits per heavy atom. The number of nitrogens with one attached hydrogen (secondary N) is 2. The molecule has 1 saturated heterocycles. The molecule has 4 aromatic rings. The third-order valence-corrected chi connectivity index (χ3v) is 5.89. The Morgan fingerprint density at radius 2 is 2.00 bits per heavy atom. The van der Waals surface area contributed by atoms with Gasteiger partial charge in [0.1, 0.15) is 5.69 Å². The van der Waals surface area contributed by atoms with Crippen LogP contribution in [-0.2, 0) is 4.74 Å². The molecule has 156 valence electrons. The number of pyridine rings is 1. The van der Waals surface area contributed by atoms with E-state index in [0.717, 1.165) is 46.8 Å². The van der Waals surface area contributed by atoms with E-state index in [0.29, 0.717) is 29.4 Å². The van der Waals surface area contributed by atoms with Crippen molar-refractivity contribution in [1.82, 2.24) is 15.3 Å². The number of hydrogen-bond acceptors (Lipinski definition) is 5. The van der Waals surface area contributed by atoms with Crippen molar-refractivity contribution in [3.63, 3.8) is 0 Å². The average Bonchev–Trinajstić information content (AvgIpc) is 3.55. The molecule has 2 aromatic heterocycles. The summed E-state index contributed by atoms with van der Waals surface area (Å²) in [6.07, 6.45) is 2.08. The number of ether oxygens (including phenoxy) is 3. The fourth-order valence-electron chi connectivity index (χ4n) is 4.32. The molecule has 2 aromatic carbocycles. The first kappa shape index (κ1) is 18.2. The maximum Gasteiger partial charge on any atom is 0.270 e. The molecule has 0 unspecified atom stereocenters. The number of aromatic nitrogens is 2. The molecular weight excluding hydrogens is 394 g/mol. The molecule has 2 aliphatic heterocycles. The topological polar surface area (TPSA) is 85.5 Å². The van der Waals surface area contributed by atoms with Gasteiger partial charge in [0.05, 0.1) is 17.3 Å². The van der Waals surface area contributed by atoms with E-state index in [4.69, 9.17) is 19.2 Å². The zero-order valence-electron chi connectivity index (χ0n) is 16.8. The van der Waals surface area contributed by atoms with E-state index < -0.39 is 0 Å². The second-order valence-electron chi connectivity index (χ2n) is 7.86. The number of rotatable bonds is 4. The van der Waals surface area contributed by atoms with Crippen molar-refractivity contribution in [3.05, 3.63) is 54.2 Å². The number of aromatic amines is 1. The van der Waals surface area contributed by atoms with Gasteiger partial charge in [0.15, 0.2) is 11.5 Å². The molecule has 7 heteroatoms. The number of para-hydroxylation sites is 1. The van der Waals surface area contributed by atoms with Gasteiger partial charge in [-0.2, -0.15) is 0 Å². The number of amides is 1. The van der Waals surface area contributed by atoms with E-state index >= 15 is 0 Å². The number of hydrogen-bond donors (Lipinski definition) is 2. The van der Waals surface area contributed by atoms with Crippen LogP contribution in [-0.4, -0.2) is 41.9 Å². The SMILES string of the molecule is O=C(NC[C@H]1CCCO1)c1cc2c([nH]c3ccccc32)c(-c2ccc3c(c2)OCO3)n1. The molecule has 7 nitrogen and oxygen atoms in total. The molecule has 0 radical (unpaired) electrons. The number of benzene rings is 2. The van der Waals surface area contributed by atoms with E-state index in [2.05, 4.69) is 10.3 Å². The highest BCUT2D eigenvalue weighted by atomic mass is 16.7. The quantitative estimate of drug-likeness (QED) is 0.526. The monoisotopic (exact) mass is 415 g/mol. The summed E-state index contributed by atoms with van der Waals surface area (Å²) in [6.45, 7) is 1.46. The Kier molecular flexibility index (Phi) is 4.28. The largest absolute Gasteiger partial charge is 0.454 e. The summed E-state index contributed by atoms with van der Waals surface area (Å²) in [4.78, 5) is 21.2. The minimum atomic E-state index is -0.204. The van der Waals surface area contributed by atoms with Crippen molar-refractivity contribution in [3.8, 4) is 22.8 Å². The number of nitrogens with zero attached hydrogens (tertiary/aromatic N) is 1. The summed E-state index contributed by atoms with van der Waals surface area (Å²) in [5.41, 5.74) is 3.82. The van der Waals surface area contributed by atoms with Gasteiger partial charge in [-0.15, -0.1) is 0 Å². The van der Waals surface area contributed by atoms with Crippen LogP contribution in [0.15, 0.2) is 48.5 Å². The molecule has 0 aliphatic carbocycles. The maximum absolute atomic E-state index is 13.0. The highest BCUT2D eigenvalue weighted by molar-refractivity contribution is 6.13. The van der Waals surface area contributed by atoms with Crippen LogP contribution in [0.25, 0.3) is 33.1 Å². The van der Waals surface area contributed by atoms with Crippen molar-refractivity contribution >= 4 is 27.7 Å². The minimum Gasteiger partial charge on any atom is -0.454 e. The zero-order valence-corrected chi connectivity index (χ0v) is 16.8. The van der Waals surface area contributed by atoms with Gasteiger partial charge in [-0.05, 0) is 43.2 Å². The van der Waals surface area contributed by atoms with Crippen LogP contribution in [0.5, 0.6) is 11.5 Å². The van der Waals surface area contributed by atoms with Gasteiger partial charge < -0.3 is 24.5 Å². The molecule has 1 amide bonds. The number of fused-ring (bicyclic) bond motifs is 4. The van der Waals surface area contributed by atoms with Gasteiger partial charge in [0, 0.05) is 35.0 Å². The summed E-state index contributed by atoms with van der Waals surface area (Å²) in [7, 11) is 0. The Labute approximate surface area is 178 Å². The molecule has 4 heterocycles. The normalized spacial score (nSPS) is 17.5. The second kappa shape index (κ2) is 7.28. The van der Waals surface area contributed by atoms with Crippen molar-refractivity contribution < 1.29 is 19.0 Å². The average molecular weight is 415 g/mol. The third-order valence-electron chi connectivity index (χ3n) is 5.89. The summed E-state index contributed by atoms with van der Waals surface area (Å²) in [5.74, 6) is 1.18. The Hall–Kier alpha value is -3.58. The van der Waals surface area contributed by atoms with Gasteiger partial charge in [-0.25, -0.2) is 4.98 Å². The van der Waals surface area contributed by atoms with Crippen LogP contribution >= 0.6 is 0 Å². The third kappa shape index (κ3) is 3.18. The van der Waals surface area contributed by atoms with E-state index in [9.17, 15) is 4.79 Å².